The standard InChI is InChI=1S/C27H28N2O2/c1-17-25(13-8-19-3-2-14-28-26(17)19)18-6-11-23(12-7-18)31-24-15-21-9-10-22(16-24)29(21)27(30)20-4-5-20/h2-3,6-8,11-14,20-22,24H,4-5,9-10,15-16H2,1H3/t21-,22?,24+/m0/s1. The fourth-order valence-corrected chi connectivity index (χ4v) is 5.63. The van der Waals surface area contributed by atoms with Crippen molar-refractivity contribution in [3.05, 3.63) is 60.3 Å². The van der Waals surface area contributed by atoms with Crippen molar-refractivity contribution in [2.75, 3.05) is 0 Å². The van der Waals surface area contributed by atoms with E-state index in [4.69, 9.17) is 4.74 Å². The van der Waals surface area contributed by atoms with Gasteiger partial charge in [0.25, 0.3) is 0 Å². The lowest BCUT2D eigenvalue weighted by molar-refractivity contribution is -0.138. The smallest absolute Gasteiger partial charge is 0.226 e. The van der Waals surface area contributed by atoms with Crippen LogP contribution in [-0.4, -0.2) is 34.0 Å². The van der Waals surface area contributed by atoms with Crippen LogP contribution in [0.4, 0.5) is 0 Å². The van der Waals surface area contributed by atoms with Crippen LogP contribution >= 0.6 is 0 Å². The molecule has 31 heavy (non-hydrogen) atoms. The molecule has 4 heteroatoms. The molecule has 1 aromatic heterocycles. The molecular weight excluding hydrogens is 384 g/mol. The van der Waals surface area contributed by atoms with Gasteiger partial charge in [-0.15, -0.1) is 0 Å². The minimum atomic E-state index is 0.207. The molecule has 2 aliphatic heterocycles. The second-order valence-corrected chi connectivity index (χ2v) is 9.45. The molecule has 3 fully saturated rings. The van der Waals surface area contributed by atoms with Crippen molar-refractivity contribution >= 4 is 16.8 Å². The van der Waals surface area contributed by atoms with E-state index >= 15 is 0 Å². The Morgan fingerprint density at radius 3 is 2.42 bits per heavy atom. The number of amides is 1. The highest BCUT2D eigenvalue weighted by atomic mass is 16.5. The third-order valence-corrected chi connectivity index (χ3v) is 7.37. The summed E-state index contributed by atoms with van der Waals surface area (Å²) in [6, 6.07) is 17.6. The molecule has 1 unspecified atom stereocenters. The summed E-state index contributed by atoms with van der Waals surface area (Å²) in [4.78, 5) is 19.4. The number of benzene rings is 2. The number of carbonyl (C=O) groups excluding carboxylic acids is 1. The number of pyridine rings is 1. The number of carbonyl (C=O) groups is 1. The molecule has 0 N–H and O–H groups in total. The van der Waals surface area contributed by atoms with E-state index in [1.807, 2.05) is 12.3 Å². The van der Waals surface area contributed by atoms with E-state index in [2.05, 4.69) is 59.3 Å². The quantitative estimate of drug-likeness (QED) is 0.567. The predicted octanol–water partition coefficient (Wildman–Crippen LogP) is 5.52. The molecule has 0 spiro atoms. The monoisotopic (exact) mass is 412 g/mol. The second kappa shape index (κ2) is 7.37. The molecule has 1 amide bonds. The first kappa shape index (κ1) is 18.9. The molecule has 4 nitrogen and oxygen atoms in total. The summed E-state index contributed by atoms with van der Waals surface area (Å²) in [6.07, 6.45) is 8.44. The third-order valence-electron chi connectivity index (χ3n) is 7.37. The van der Waals surface area contributed by atoms with Crippen molar-refractivity contribution in [3.8, 4) is 16.9 Å². The van der Waals surface area contributed by atoms with Crippen LogP contribution < -0.4 is 4.74 Å². The van der Waals surface area contributed by atoms with Crippen LogP contribution in [0.2, 0.25) is 0 Å². The van der Waals surface area contributed by atoms with Gasteiger partial charge in [0.2, 0.25) is 5.91 Å². The van der Waals surface area contributed by atoms with Gasteiger partial charge in [0, 0.05) is 42.4 Å². The number of rotatable bonds is 4. The molecule has 1 saturated carbocycles. The molecule has 2 bridgehead atoms. The Morgan fingerprint density at radius 2 is 1.71 bits per heavy atom. The van der Waals surface area contributed by atoms with E-state index in [9.17, 15) is 4.79 Å². The van der Waals surface area contributed by atoms with E-state index in [0.29, 0.717) is 23.9 Å². The lowest BCUT2D eigenvalue weighted by Gasteiger charge is -2.39. The summed E-state index contributed by atoms with van der Waals surface area (Å²) >= 11 is 0. The molecule has 3 atom stereocenters. The Labute approximate surface area is 183 Å². The highest BCUT2D eigenvalue weighted by Crippen LogP contribution is 2.42. The van der Waals surface area contributed by atoms with E-state index in [1.54, 1.807) is 0 Å². The molecule has 3 aliphatic rings. The Kier molecular flexibility index (Phi) is 4.48. The number of aromatic nitrogens is 1. The SMILES string of the molecule is Cc1c(-c2ccc(O[C@H]3CC4CC[C@@H](C3)N4C(=O)C3CC3)cc2)ccc2cccnc12. The average Bonchev–Trinajstić information content (AvgIpc) is 3.60. The van der Waals surface area contributed by atoms with Crippen molar-refractivity contribution in [1.82, 2.24) is 9.88 Å². The van der Waals surface area contributed by atoms with Gasteiger partial charge in [0.05, 0.1) is 5.52 Å². The number of piperidine rings is 1. The van der Waals surface area contributed by atoms with E-state index in [0.717, 1.165) is 49.8 Å². The molecule has 6 rings (SSSR count). The van der Waals surface area contributed by atoms with Gasteiger partial charge in [-0.05, 0) is 67.5 Å². The van der Waals surface area contributed by atoms with Crippen molar-refractivity contribution in [1.29, 1.82) is 0 Å². The molecule has 3 heterocycles. The minimum absolute atomic E-state index is 0.207. The maximum atomic E-state index is 12.6. The fraction of sp³-hybridized carbons (Fsp3) is 0.407. The Balaban J connectivity index is 1.17. The lowest BCUT2D eigenvalue weighted by Crippen LogP contribution is -2.49. The number of hydrogen-bond donors (Lipinski definition) is 0. The summed E-state index contributed by atoms with van der Waals surface area (Å²) < 4.78 is 6.38. The largest absolute Gasteiger partial charge is 0.490 e. The number of hydrogen-bond acceptors (Lipinski definition) is 3. The minimum Gasteiger partial charge on any atom is -0.490 e. The highest BCUT2D eigenvalue weighted by Gasteiger charge is 2.47. The molecule has 1 aliphatic carbocycles. The summed E-state index contributed by atoms with van der Waals surface area (Å²) in [5.41, 5.74) is 4.66. The van der Waals surface area contributed by atoms with Crippen LogP contribution in [0.15, 0.2) is 54.7 Å². The zero-order valence-corrected chi connectivity index (χ0v) is 18.0. The van der Waals surface area contributed by atoms with Crippen molar-refractivity contribution in [3.63, 3.8) is 0 Å². The molecule has 0 radical (unpaired) electrons. The first-order valence-corrected chi connectivity index (χ1v) is 11.6. The summed E-state index contributed by atoms with van der Waals surface area (Å²) in [5, 5.41) is 1.17. The first-order chi connectivity index (χ1) is 15.2. The van der Waals surface area contributed by atoms with Crippen molar-refractivity contribution < 1.29 is 9.53 Å². The third kappa shape index (κ3) is 3.38. The van der Waals surface area contributed by atoms with E-state index in [1.165, 1.54) is 22.1 Å². The zero-order valence-electron chi connectivity index (χ0n) is 18.0. The Morgan fingerprint density at radius 1 is 0.968 bits per heavy atom. The van der Waals surface area contributed by atoms with Gasteiger partial charge in [0.15, 0.2) is 0 Å². The topological polar surface area (TPSA) is 42.4 Å². The molecule has 158 valence electrons. The van der Waals surface area contributed by atoms with Crippen LogP contribution in [0, 0.1) is 12.8 Å². The van der Waals surface area contributed by atoms with Crippen LogP contribution in [0.5, 0.6) is 5.75 Å². The lowest BCUT2D eigenvalue weighted by atomic mass is 9.97. The molecule has 2 aromatic carbocycles. The maximum Gasteiger partial charge on any atom is 0.226 e. The van der Waals surface area contributed by atoms with Gasteiger partial charge in [-0.2, -0.15) is 0 Å². The van der Waals surface area contributed by atoms with Crippen LogP contribution in [0.1, 0.15) is 44.1 Å². The Hall–Kier alpha value is -2.88. The molecular formula is C27H28N2O2. The maximum absolute atomic E-state index is 12.6. The number of nitrogens with zero attached hydrogens (tertiary/aromatic N) is 2. The van der Waals surface area contributed by atoms with E-state index in [-0.39, 0.29) is 6.10 Å². The van der Waals surface area contributed by atoms with Gasteiger partial charge in [0.1, 0.15) is 11.9 Å². The van der Waals surface area contributed by atoms with Crippen LogP contribution in [-0.2, 0) is 4.79 Å². The first-order valence-electron chi connectivity index (χ1n) is 11.6. The highest BCUT2D eigenvalue weighted by molar-refractivity contribution is 5.88. The molecule has 2 saturated heterocycles. The normalized spacial score (nSPS) is 25.1. The predicted molar refractivity (Wildman–Crippen MR) is 122 cm³/mol. The van der Waals surface area contributed by atoms with Gasteiger partial charge >= 0.3 is 0 Å². The fourth-order valence-electron chi connectivity index (χ4n) is 5.63. The van der Waals surface area contributed by atoms with Gasteiger partial charge in [-0.1, -0.05) is 30.3 Å². The number of aryl methyl sites for hydroxylation is 1. The Bertz CT molecular complexity index is 1120. The van der Waals surface area contributed by atoms with Crippen molar-refractivity contribution in [2.24, 2.45) is 5.92 Å². The van der Waals surface area contributed by atoms with Crippen LogP contribution in [0.3, 0.4) is 0 Å². The summed E-state index contributed by atoms with van der Waals surface area (Å²) in [7, 11) is 0. The zero-order chi connectivity index (χ0) is 20.9. The van der Waals surface area contributed by atoms with E-state index < -0.39 is 0 Å². The van der Waals surface area contributed by atoms with Gasteiger partial charge < -0.3 is 9.64 Å². The number of fused-ring (bicyclic) bond motifs is 3. The average molecular weight is 413 g/mol. The van der Waals surface area contributed by atoms with Gasteiger partial charge in [-0.3, -0.25) is 9.78 Å². The van der Waals surface area contributed by atoms with Crippen molar-refractivity contribution in [2.45, 2.75) is 63.6 Å². The van der Waals surface area contributed by atoms with Gasteiger partial charge in [-0.25, -0.2) is 0 Å². The molecule has 3 aromatic rings. The number of ether oxygens (including phenoxy) is 1. The van der Waals surface area contributed by atoms with Crippen LogP contribution in [0.25, 0.3) is 22.0 Å². The second-order valence-electron chi connectivity index (χ2n) is 9.45. The summed E-state index contributed by atoms with van der Waals surface area (Å²) in [5.74, 6) is 1.66. The summed E-state index contributed by atoms with van der Waals surface area (Å²) in [6.45, 7) is 2.14.